The lowest BCUT2D eigenvalue weighted by Crippen LogP contribution is -2.34. The number of amides is 1. The summed E-state index contributed by atoms with van der Waals surface area (Å²) < 4.78 is 11.0. The van der Waals surface area contributed by atoms with Gasteiger partial charge in [0.2, 0.25) is 0 Å². The van der Waals surface area contributed by atoms with Crippen molar-refractivity contribution in [1.82, 2.24) is 9.80 Å². The number of ketones is 1. The summed E-state index contributed by atoms with van der Waals surface area (Å²) >= 11 is 6.03. The molecule has 1 N–H and O–H groups in total. The van der Waals surface area contributed by atoms with Crippen LogP contribution in [0.15, 0.2) is 48.0 Å². The van der Waals surface area contributed by atoms with Crippen LogP contribution in [0, 0.1) is 0 Å². The Balaban J connectivity index is 2.00. The Morgan fingerprint density at radius 3 is 2.16 bits per heavy atom. The summed E-state index contributed by atoms with van der Waals surface area (Å²) in [7, 11) is 3.09. The molecule has 1 heterocycles. The van der Waals surface area contributed by atoms with E-state index in [1.165, 1.54) is 7.11 Å². The molecule has 206 valence electrons. The molecule has 38 heavy (non-hydrogen) atoms. The van der Waals surface area contributed by atoms with Crippen molar-refractivity contribution in [1.29, 1.82) is 0 Å². The molecule has 1 atom stereocenters. The second-order valence-corrected chi connectivity index (χ2v) is 9.95. The minimum Gasteiger partial charge on any atom is -0.507 e. The first-order chi connectivity index (χ1) is 18.4. The number of hydrogen-bond acceptors (Lipinski definition) is 6. The zero-order chi connectivity index (χ0) is 27.7. The van der Waals surface area contributed by atoms with Crippen LogP contribution in [0.1, 0.15) is 63.1 Å². The van der Waals surface area contributed by atoms with Crippen LogP contribution in [0.4, 0.5) is 0 Å². The van der Waals surface area contributed by atoms with Crippen molar-refractivity contribution in [2.75, 3.05) is 40.4 Å². The van der Waals surface area contributed by atoms with Crippen LogP contribution in [0.5, 0.6) is 11.5 Å². The highest BCUT2D eigenvalue weighted by atomic mass is 35.5. The van der Waals surface area contributed by atoms with Crippen LogP contribution in [0.3, 0.4) is 0 Å². The van der Waals surface area contributed by atoms with Crippen molar-refractivity contribution in [2.45, 2.75) is 52.0 Å². The van der Waals surface area contributed by atoms with Crippen LogP contribution in [-0.2, 0) is 9.59 Å². The normalized spacial score (nSPS) is 16.9. The number of ether oxygens (including phenoxy) is 2. The summed E-state index contributed by atoms with van der Waals surface area (Å²) in [5.41, 5.74) is 1.06. The van der Waals surface area contributed by atoms with Crippen LogP contribution < -0.4 is 9.47 Å². The van der Waals surface area contributed by atoms with E-state index in [9.17, 15) is 14.7 Å². The third-order valence-corrected chi connectivity index (χ3v) is 7.17. The second-order valence-electron chi connectivity index (χ2n) is 9.51. The molecule has 2 aromatic rings. The molecule has 1 aliphatic heterocycles. The van der Waals surface area contributed by atoms with Gasteiger partial charge in [-0.15, -0.1) is 0 Å². The molecule has 0 aliphatic carbocycles. The van der Waals surface area contributed by atoms with Crippen molar-refractivity contribution in [2.24, 2.45) is 0 Å². The smallest absolute Gasteiger partial charge is 0.295 e. The van der Waals surface area contributed by atoms with E-state index in [1.807, 2.05) is 0 Å². The first-order valence-corrected chi connectivity index (χ1v) is 13.7. The fourth-order valence-electron chi connectivity index (χ4n) is 4.81. The van der Waals surface area contributed by atoms with Crippen molar-refractivity contribution in [3.63, 3.8) is 0 Å². The number of carbonyl (C=O) groups excluding carboxylic acids is 2. The molecule has 0 aromatic heterocycles. The maximum atomic E-state index is 13.4. The Morgan fingerprint density at radius 2 is 1.58 bits per heavy atom. The lowest BCUT2D eigenvalue weighted by atomic mass is 9.94. The van der Waals surface area contributed by atoms with Gasteiger partial charge in [-0.05, 0) is 75.3 Å². The number of rotatable bonds is 14. The van der Waals surface area contributed by atoms with E-state index in [1.54, 1.807) is 54.5 Å². The van der Waals surface area contributed by atoms with Crippen molar-refractivity contribution in [3.8, 4) is 11.5 Å². The molecule has 1 saturated heterocycles. The fourth-order valence-corrected chi connectivity index (χ4v) is 4.93. The molecule has 1 unspecified atom stereocenters. The monoisotopic (exact) mass is 542 g/mol. The predicted octanol–water partition coefficient (Wildman–Crippen LogP) is 6.07. The van der Waals surface area contributed by atoms with Crippen LogP contribution in [0.2, 0.25) is 5.02 Å². The summed E-state index contributed by atoms with van der Waals surface area (Å²) in [5, 5.41) is 11.8. The molecule has 1 aliphatic rings. The van der Waals surface area contributed by atoms with E-state index >= 15 is 0 Å². The number of benzene rings is 2. The fraction of sp³-hybridized carbons (Fsp3) is 0.467. The summed E-state index contributed by atoms with van der Waals surface area (Å²) in [4.78, 5) is 30.7. The first kappa shape index (κ1) is 29.5. The molecule has 0 saturated carbocycles. The van der Waals surface area contributed by atoms with Gasteiger partial charge in [-0.3, -0.25) is 9.59 Å². The highest BCUT2D eigenvalue weighted by Gasteiger charge is 2.46. The van der Waals surface area contributed by atoms with Gasteiger partial charge < -0.3 is 24.4 Å². The quantitative estimate of drug-likeness (QED) is 0.177. The van der Waals surface area contributed by atoms with Crippen LogP contribution >= 0.6 is 11.6 Å². The lowest BCUT2D eigenvalue weighted by molar-refractivity contribution is -0.140. The molecule has 0 radical (unpaired) electrons. The molecular formula is C30H39ClN2O5. The molecular weight excluding hydrogens is 504 g/mol. The number of unbranched alkanes of at least 4 members (excludes halogenated alkanes) is 2. The number of aliphatic hydroxyl groups is 1. The summed E-state index contributed by atoms with van der Waals surface area (Å²) in [6.45, 7) is 7.59. The third kappa shape index (κ3) is 6.88. The average Bonchev–Trinajstić information content (AvgIpc) is 3.18. The maximum absolute atomic E-state index is 13.4. The van der Waals surface area contributed by atoms with Crippen LogP contribution in [-0.4, -0.2) is 67.0 Å². The Kier molecular flexibility index (Phi) is 11.0. The number of methoxy groups -OCH3 is 2. The molecule has 8 heteroatoms. The van der Waals surface area contributed by atoms with Gasteiger partial charge in [-0.2, -0.15) is 0 Å². The predicted molar refractivity (Wildman–Crippen MR) is 151 cm³/mol. The summed E-state index contributed by atoms with van der Waals surface area (Å²) in [5.74, 6) is -0.525. The number of carbonyl (C=O) groups is 2. The van der Waals surface area contributed by atoms with Crippen molar-refractivity contribution in [3.05, 3.63) is 64.2 Å². The summed E-state index contributed by atoms with van der Waals surface area (Å²) in [6, 6.07) is 11.0. The highest BCUT2D eigenvalue weighted by molar-refractivity contribution is 6.46. The number of likely N-dealkylation sites (tertiary alicyclic amines) is 1. The third-order valence-electron chi connectivity index (χ3n) is 6.92. The molecule has 0 bridgehead atoms. The number of Topliss-reactive ketones (excluding diaryl/α,β-unsaturated/α-hetero) is 1. The number of halogens is 1. The Hall–Kier alpha value is -3.03. The molecule has 3 rings (SSSR count). The Morgan fingerprint density at radius 1 is 0.947 bits per heavy atom. The molecule has 0 spiro atoms. The van der Waals surface area contributed by atoms with Gasteiger partial charge in [0.15, 0.2) is 0 Å². The standard InChI is InChI=1S/C30H39ClN2O5/c1-5-7-16-32(17-8-6-2)18-9-19-33-27(24-15-14-23(37-3)20-25(24)38-4)26(29(35)30(33)36)28(34)21-10-12-22(31)13-11-21/h10-15,20,27,34H,5-9,16-19H2,1-4H3/b28-26+. The van der Waals surface area contributed by atoms with Gasteiger partial charge in [0.25, 0.3) is 11.7 Å². The SMILES string of the molecule is CCCCN(CCCC)CCCN1C(=O)C(=O)/C(=C(/O)c2ccc(Cl)cc2)C1c1ccc(OC)cc1OC. The zero-order valence-corrected chi connectivity index (χ0v) is 23.6. The maximum Gasteiger partial charge on any atom is 0.295 e. The Labute approximate surface area is 231 Å². The molecule has 1 amide bonds. The average molecular weight is 543 g/mol. The van der Waals surface area contributed by atoms with Crippen molar-refractivity contribution < 1.29 is 24.2 Å². The lowest BCUT2D eigenvalue weighted by Gasteiger charge is -2.28. The number of aliphatic hydroxyl groups excluding tert-OH is 1. The topological polar surface area (TPSA) is 79.3 Å². The molecule has 7 nitrogen and oxygen atoms in total. The molecule has 2 aromatic carbocycles. The molecule has 1 fully saturated rings. The van der Waals surface area contributed by atoms with Crippen molar-refractivity contribution >= 4 is 29.1 Å². The van der Waals surface area contributed by atoms with Gasteiger partial charge >= 0.3 is 0 Å². The zero-order valence-electron chi connectivity index (χ0n) is 22.8. The minimum absolute atomic E-state index is 0.0367. The minimum atomic E-state index is -0.800. The van der Waals surface area contributed by atoms with Gasteiger partial charge in [0.1, 0.15) is 17.3 Å². The number of hydrogen-bond donors (Lipinski definition) is 1. The van der Waals surface area contributed by atoms with Gasteiger partial charge in [-0.1, -0.05) is 38.3 Å². The van der Waals surface area contributed by atoms with E-state index in [0.29, 0.717) is 40.6 Å². The van der Waals surface area contributed by atoms with Gasteiger partial charge in [0.05, 0.1) is 25.8 Å². The van der Waals surface area contributed by atoms with E-state index in [2.05, 4.69) is 18.7 Å². The van der Waals surface area contributed by atoms with E-state index in [4.69, 9.17) is 21.1 Å². The van der Waals surface area contributed by atoms with E-state index < -0.39 is 17.7 Å². The largest absolute Gasteiger partial charge is 0.507 e. The first-order valence-electron chi connectivity index (χ1n) is 13.3. The Bertz CT molecular complexity index is 1120. The van der Waals surface area contributed by atoms with Gasteiger partial charge in [0, 0.05) is 28.8 Å². The van der Waals surface area contributed by atoms with Gasteiger partial charge in [-0.25, -0.2) is 0 Å². The highest BCUT2D eigenvalue weighted by Crippen LogP contribution is 2.43. The second kappa shape index (κ2) is 14.2. The number of nitrogens with zero attached hydrogens (tertiary/aromatic N) is 2. The summed E-state index contributed by atoms with van der Waals surface area (Å²) in [6.07, 6.45) is 5.20. The van der Waals surface area contributed by atoms with E-state index in [0.717, 1.165) is 45.3 Å². The van der Waals surface area contributed by atoms with E-state index in [-0.39, 0.29) is 11.3 Å². The van der Waals surface area contributed by atoms with Crippen LogP contribution in [0.25, 0.3) is 5.76 Å².